The van der Waals surface area contributed by atoms with Crippen LogP contribution in [0.1, 0.15) is 31.4 Å². The van der Waals surface area contributed by atoms with E-state index in [1.807, 2.05) is 37.3 Å². The van der Waals surface area contributed by atoms with E-state index in [-0.39, 0.29) is 12.5 Å². The molecule has 2 aromatic carbocycles. The minimum atomic E-state index is -0.106. The Bertz CT molecular complexity index is 850. The Kier molecular flexibility index (Phi) is 6.19. The van der Waals surface area contributed by atoms with Gasteiger partial charge in [0.05, 0.1) is 23.9 Å². The number of nitrogens with zero attached hydrogens (tertiary/aromatic N) is 1. The van der Waals surface area contributed by atoms with Crippen LogP contribution in [0.15, 0.2) is 41.6 Å². The molecule has 27 heavy (non-hydrogen) atoms. The molecule has 0 bridgehead atoms. The van der Waals surface area contributed by atoms with Gasteiger partial charge >= 0.3 is 0 Å². The molecule has 2 aromatic rings. The molecule has 1 amide bonds. The van der Waals surface area contributed by atoms with Crippen LogP contribution in [0.4, 0.5) is 5.69 Å². The van der Waals surface area contributed by atoms with E-state index in [9.17, 15) is 4.79 Å². The summed E-state index contributed by atoms with van der Waals surface area (Å²) in [6, 6.07) is 11.0. The Labute approximate surface area is 163 Å². The topological polar surface area (TPSA) is 69.2 Å². The Morgan fingerprint density at radius 3 is 2.67 bits per heavy atom. The lowest BCUT2D eigenvalue weighted by atomic mass is 10.1. The molecule has 1 N–H and O–H groups in total. The van der Waals surface area contributed by atoms with Crippen LogP contribution >= 0.6 is 11.6 Å². The van der Waals surface area contributed by atoms with Crippen LogP contribution in [0, 0.1) is 0 Å². The van der Waals surface area contributed by atoms with Gasteiger partial charge in [-0.25, -0.2) is 0 Å². The molecule has 0 aliphatic carbocycles. The van der Waals surface area contributed by atoms with Gasteiger partial charge in [0.2, 0.25) is 5.91 Å². The summed E-state index contributed by atoms with van der Waals surface area (Å²) >= 11 is 6.28. The lowest BCUT2D eigenvalue weighted by molar-refractivity contribution is -0.114. The molecule has 7 heteroatoms. The molecule has 1 heterocycles. The molecule has 0 aromatic heterocycles. The summed E-state index contributed by atoms with van der Waals surface area (Å²) < 4.78 is 11.3. The highest BCUT2D eigenvalue weighted by Gasteiger charge is 2.15. The van der Waals surface area contributed by atoms with Crippen molar-refractivity contribution < 1.29 is 19.1 Å². The van der Waals surface area contributed by atoms with Gasteiger partial charge in [-0.3, -0.25) is 4.79 Å². The molecule has 6 nitrogen and oxygen atoms in total. The molecule has 1 aliphatic heterocycles. The molecule has 0 unspecified atom stereocenters. The van der Waals surface area contributed by atoms with Crippen molar-refractivity contribution in [1.82, 2.24) is 0 Å². The van der Waals surface area contributed by atoms with E-state index in [0.717, 1.165) is 28.9 Å². The van der Waals surface area contributed by atoms with Gasteiger partial charge in [-0.15, -0.1) is 0 Å². The number of benzene rings is 2. The molecule has 3 rings (SSSR count). The Morgan fingerprint density at radius 1 is 1.19 bits per heavy atom. The number of hydrogen-bond acceptors (Lipinski definition) is 5. The molecule has 0 fully saturated rings. The molecular formula is C20H21ClN2O4. The largest absolute Gasteiger partial charge is 0.489 e. The highest BCUT2D eigenvalue weighted by Crippen LogP contribution is 2.38. The van der Waals surface area contributed by atoms with Gasteiger partial charge in [0.15, 0.2) is 11.5 Å². The van der Waals surface area contributed by atoms with E-state index in [4.69, 9.17) is 25.9 Å². The lowest BCUT2D eigenvalue weighted by Crippen LogP contribution is -2.06. The maximum atomic E-state index is 11.1. The zero-order chi connectivity index (χ0) is 19.2. The zero-order valence-electron chi connectivity index (χ0n) is 15.3. The molecule has 0 atom stereocenters. The number of anilines is 1. The molecule has 1 aliphatic rings. The van der Waals surface area contributed by atoms with Crippen molar-refractivity contribution in [2.45, 2.75) is 26.9 Å². The molecule has 0 saturated heterocycles. The van der Waals surface area contributed by atoms with Crippen molar-refractivity contribution in [3.8, 4) is 11.5 Å². The average molecular weight is 389 g/mol. The van der Waals surface area contributed by atoms with E-state index in [2.05, 4.69) is 10.5 Å². The third kappa shape index (κ3) is 5.14. The fourth-order valence-electron chi connectivity index (χ4n) is 2.62. The first-order chi connectivity index (χ1) is 13.0. The third-order valence-corrected chi connectivity index (χ3v) is 4.20. The number of carbonyl (C=O) groups is 1. The van der Waals surface area contributed by atoms with Crippen molar-refractivity contribution in [2.24, 2.45) is 5.16 Å². The fraction of sp³-hybridized carbons (Fsp3) is 0.300. The van der Waals surface area contributed by atoms with Crippen molar-refractivity contribution in [3.05, 3.63) is 52.5 Å². The quantitative estimate of drug-likeness (QED) is 0.608. The van der Waals surface area contributed by atoms with Gasteiger partial charge in [0.1, 0.15) is 6.61 Å². The number of amides is 1. The molecule has 0 spiro atoms. The minimum Gasteiger partial charge on any atom is -0.489 e. The Balaban J connectivity index is 1.63. The number of halogens is 1. The number of nitrogens with one attached hydrogen (secondary N) is 1. The average Bonchev–Trinajstić information content (AvgIpc) is 2.87. The summed E-state index contributed by atoms with van der Waals surface area (Å²) in [5, 5.41) is 7.38. The Morgan fingerprint density at radius 2 is 1.93 bits per heavy atom. The smallest absolute Gasteiger partial charge is 0.221 e. The first-order valence-electron chi connectivity index (χ1n) is 8.65. The second-order valence-corrected chi connectivity index (χ2v) is 6.57. The Hall–Kier alpha value is -2.73. The van der Waals surface area contributed by atoms with E-state index in [1.165, 1.54) is 6.92 Å². The van der Waals surface area contributed by atoms with Crippen molar-refractivity contribution in [3.63, 3.8) is 0 Å². The summed E-state index contributed by atoms with van der Waals surface area (Å²) in [6.45, 7) is 4.78. The van der Waals surface area contributed by atoms with Crippen LogP contribution in [0.5, 0.6) is 11.5 Å². The standard InChI is InChI=1S/C20H21ClN2O4/c1-13(16-4-6-17(7-5-16)22-14(2)24)23-27-12-15-10-18(21)20-19(11-15)25-8-3-9-26-20/h4-7,10-11H,3,8-9,12H2,1-2H3,(H,22,24). The molecule has 0 radical (unpaired) electrons. The highest BCUT2D eigenvalue weighted by molar-refractivity contribution is 6.32. The first-order valence-corrected chi connectivity index (χ1v) is 9.03. The normalized spacial score (nSPS) is 13.7. The van der Waals surface area contributed by atoms with Crippen molar-refractivity contribution in [1.29, 1.82) is 0 Å². The summed E-state index contributed by atoms with van der Waals surface area (Å²) in [7, 11) is 0. The number of carbonyl (C=O) groups excluding carboxylic acids is 1. The number of fused-ring (bicyclic) bond motifs is 1. The van der Waals surface area contributed by atoms with Gasteiger partial charge in [-0.1, -0.05) is 28.9 Å². The van der Waals surface area contributed by atoms with E-state index >= 15 is 0 Å². The second-order valence-electron chi connectivity index (χ2n) is 6.16. The third-order valence-electron chi connectivity index (χ3n) is 3.92. The summed E-state index contributed by atoms with van der Waals surface area (Å²) in [5.74, 6) is 1.11. The van der Waals surface area contributed by atoms with Crippen LogP contribution in [-0.2, 0) is 16.2 Å². The maximum Gasteiger partial charge on any atom is 0.221 e. The van der Waals surface area contributed by atoms with Crippen molar-refractivity contribution in [2.75, 3.05) is 18.5 Å². The summed E-state index contributed by atoms with van der Waals surface area (Å²) in [5.41, 5.74) is 3.22. The summed E-state index contributed by atoms with van der Waals surface area (Å²) in [4.78, 5) is 16.5. The predicted octanol–water partition coefficient (Wildman–Crippen LogP) is 4.40. The number of oxime groups is 1. The lowest BCUT2D eigenvalue weighted by Gasteiger charge is -2.11. The van der Waals surface area contributed by atoms with Crippen LogP contribution in [-0.4, -0.2) is 24.8 Å². The second kappa shape index (κ2) is 8.77. The monoisotopic (exact) mass is 388 g/mol. The van der Waals surface area contributed by atoms with Crippen LogP contribution < -0.4 is 14.8 Å². The highest BCUT2D eigenvalue weighted by atomic mass is 35.5. The van der Waals surface area contributed by atoms with E-state index in [1.54, 1.807) is 6.07 Å². The molecule has 142 valence electrons. The van der Waals surface area contributed by atoms with Gasteiger partial charge in [0.25, 0.3) is 0 Å². The first kappa shape index (κ1) is 19.0. The maximum absolute atomic E-state index is 11.1. The zero-order valence-corrected chi connectivity index (χ0v) is 16.0. The number of rotatable bonds is 5. The predicted molar refractivity (Wildman–Crippen MR) is 105 cm³/mol. The number of hydrogen-bond donors (Lipinski definition) is 1. The fourth-order valence-corrected chi connectivity index (χ4v) is 2.91. The SMILES string of the molecule is CC(=O)Nc1ccc(C(C)=NOCc2cc(Cl)c3c(c2)OCCCO3)cc1. The van der Waals surface area contributed by atoms with E-state index < -0.39 is 0 Å². The molecule has 0 saturated carbocycles. The van der Waals surface area contributed by atoms with Gasteiger partial charge < -0.3 is 19.6 Å². The molecular weight excluding hydrogens is 368 g/mol. The van der Waals surface area contributed by atoms with Gasteiger partial charge in [-0.2, -0.15) is 0 Å². The van der Waals surface area contributed by atoms with Crippen LogP contribution in [0.25, 0.3) is 0 Å². The summed E-state index contributed by atoms with van der Waals surface area (Å²) in [6.07, 6.45) is 0.820. The number of ether oxygens (including phenoxy) is 2. The minimum absolute atomic E-state index is 0.106. The van der Waals surface area contributed by atoms with Gasteiger partial charge in [-0.05, 0) is 42.3 Å². The van der Waals surface area contributed by atoms with Crippen LogP contribution in [0.3, 0.4) is 0 Å². The van der Waals surface area contributed by atoms with Crippen LogP contribution in [0.2, 0.25) is 5.02 Å². The van der Waals surface area contributed by atoms with E-state index in [0.29, 0.717) is 29.7 Å². The van der Waals surface area contributed by atoms with Gasteiger partial charge in [0, 0.05) is 19.0 Å². The van der Waals surface area contributed by atoms with Crippen molar-refractivity contribution >= 4 is 28.9 Å².